The van der Waals surface area contributed by atoms with Gasteiger partial charge in [0.05, 0.1) is 45.7 Å². The van der Waals surface area contributed by atoms with E-state index in [9.17, 15) is 13.2 Å². The number of carbonyl (C=O) groups is 1. The Bertz CT molecular complexity index is 1720. The molecule has 0 saturated carbocycles. The number of fused-ring (bicyclic) bond motifs is 1. The number of sulfone groups is 1. The van der Waals surface area contributed by atoms with Crippen molar-refractivity contribution < 1.29 is 17.9 Å². The number of nitrogens with one attached hydrogen (secondary N) is 2. The van der Waals surface area contributed by atoms with Gasteiger partial charge in [-0.15, -0.1) is 0 Å². The molecule has 2 N–H and O–H groups in total. The van der Waals surface area contributed by atoms with E-state index in [0.717, 1.165) is 79.9 Å². The second-order valence-corrected chi connectivity index (χ2v) is 13.1. The van der Waals surface area contributed by atoms with Gasteiger partial charge in [0.25, 0.3) is 5.91 Å². The van der Waals surface area contributed by atoms with Crippen molar-refractivity contribution in [1.82, 2.24) is 30.6 Å². The average Bonchev–Trinajstić information content (AvgIpc) is 3.56. The largest absolute Gasteiger partial charge is 0.377 e. The Balaban J connectivity index is 1.10. The van der Waals surface area contributed by atoms with E-state index in [1.165, 1.54) is 24.9 Å². The van der Waals surface area contributed by atoms with Gasteiger partial charge in [-0.2, -0.15) is 0 Å². The molecule has 2 aliphatic heterocycles. The first-order valence-corrected chi connectivity index (χ1v) is 16.5. The molecule has 2 saturated heterocycles. The lowest BCUT2D eigenvalue weighted by atomic mass is 10.0. The first-order valence-electron chi connectivity index (χ1n) is 14.6. The van der Waals surface area contributed by atoms with Crippen molar-refractivity contribution in [2.45, 2.75) is 49.3 Å². The Morgan fingerprint density at radius 3 is 2.65 bits per heavy atom. The van der Waals surface area contributed by atoms with E-state index in [4.69, 9.17) is 14.7 Å². The topological polar surface area (TPSA) is 139 Å². The van der Waals surface area contributed by atoms with Crippen molar-refractivity contribution in [2.75, 3.05) is 37.4 Å². The second kappa shape index (κ2) is 12.7. The number of piperidine rings is 1. The van der Waals surface area contributed by atoms with Crippen LogP contribution in [0.4, 0.5) is 5.82 Å². The van der Waals surface area contributed by atoms with Gasteiger partial charge in [0.15, 0.2) is 9.84 Å². The third kappa shape index (κ3) is 7.15. The highest BCUT2D eigenvalue weighted by molar-refractivity contribution is 7.90. The predicted octanol–water partition coefficient (Wildman–Crippen LogP) is 3.16. The van der Waals surface area contributed by atoms with Crippen molar-refractivity contribution in [3.05, 3.63) is 72.3 Å². The lowest BCUT2D eigenvalue weighted by Gasteiger charge is -2.33. The fourth-order valence-corrected chi connectivity index (χ4v) is 6.07. The summed E-state index contributed by atoms with van der Waals surface area (Å²) in [4.78, 5) is 33.1. The Kier molecular flexibility index (Phi) is 8.59. The van der Waals surface area contributed by atoms with Gasteiger partial charge < -0.3 is 20.3 Å². The molecule has 0 spiro atoms. The van der Waals surface area contributed by atoms with Gasteiger partial charge in [-0.3, -0.25) is 14.8 Å². The molecular formula is C31H35N7O4S. The normalized spacial score (nSPS) is 17.8. The highest BCUT2D eigenvalue weighted by Gasteiger charge is 2.23. The molecule has 0 unspecified atom stereocenters. The maximum absolute atomic E-state index is 12.7. The quantitative estimate of drug-likeness (QED) is 0.294. The van der Waals surface area contributed by atoms with Crippen LogP contribution in [0, 0.1) is 0 Å². The maximum Gasteiger partial charge on any atom is 0.253 e. The minimum atomic E-state index is -3.47. The third-order valence-corrected chi connectivity index (χ3v) is 9.02. The van der Waals surface area contributed by atoms with Crippen molar-refractivity contribution in [1.29, 1.82) is 0 Å². The number of pyridine rings is 4. The van der Waals surface area contributed by atoms with E-state index in [1.807, 2.05) is 30.3 Å². The summed E-state index contributed by atoms with van der Waals surface area (Å²) >= 11 is 0. The van der Waals surface area contributed by atoms with Crippen LogP contribution in [0.1, 0.15) is 41.7 Å². The smallest absolute Gasteiger partial charge is 0.253 e. The number of ether oxygens (including phenoxy) is 1. The van der Waals surface area contributed by atoms with Gasteiger partial charge in [0.1, 0.15) is 5.82 Å². The van der Waals surface area contributed by atoms with Gasteiger partial charge in [0, 0.05) is 62.5 Å². The molecule has 0 radical (unpaired) electrons. The molecule has 2 fully saturated rings. The maximum atomic E-state index is 12.7. The summed E-state index contributed by atoms with van der Waals surface area (Å²) in [6.45, 7) is 3.86. The predicted molar refractivity (Wildman–Crippen MR) is 163 cm³/mol. The molecule has 2 aliphatic rings. The van der Waals surface area contributed by atoms with Crippen LogP contribution in [0.15, 0.2) is 66.0 Å². The van der Waals surface area contributed by atoms with Crippen LogP contribution in [0.25, 0.3) is 22.3 Å². The molecule has 1 amide bonds. The van der Waals surface area contributed by atoms with Crippen LogP contribution in [0.3, 0.4) is 0 Å². The lowest BCUT2D eigenvalue weighted by Crippen LogP contribution is -2.44. The SMILES string of the molecule is CS(=O)(=O)c1cncc(C(=O)NCc2cc3nc(-c4cccc(N5CCC(NC[C@H]6CCCO6)CC5)n4)ccc3cn2)c1. The van der Waals surface area contributed by atoms with E-state index in [2.05, 4.69) is 31.6 Å². The van der Waals surface area contributed by atoms with Crippen LogP contribution in [-0.2, 0) is 21.1 Å². The minimum absolute atomic E-state index is 0.00929. The van der Waals surface area contributed by atoms with E-state index in [1.54, 1.807) is 6.20 Å². The third-order valence-electron chi connectivity index (χ3n) is 7.94. The highest BCUT2D eigenvalue weighted by atomic mass is 32.2. The molecule has 0 aromatic carbocycles. The second-order valence-electron chi connectivity index (χ2n) is 11.1. The van der Waals surface area contributed by atoms with Crippen molar-refractivity contribution in [3.63, 3.8) is 0 Å². The molecule has 224 valence electrons. The first-order chi connectivity index (χ1) is 20.8. The number of hydrogen-bond acceptors (Lipinski definition) is 10. The summed E-state index contributed by atoms with van der Waals surface area (Å²) in [5.41, 5.74) is 3.07. The Labute approximate surface area is 251 Å². The van der Waals surface area contributed by atoms with Gasteiger partial charge >= 0.3 is 0 Å². The average molecular weight is 602 g/mol. The molecule has 6 rings (SSSR count). The number of nitrogens with zero attached hydrogens (tertiary/aromatic N) is 5. The zero-order chi connectivity index (χ0) is 29.8. The number of amides is 1. The number of anilines is 1. The molecule has 4 aromatic rings. The summed E-state index contributed by atoms with van der Waals surface area (Å²) < 4.78 is 29.4. The van der Waals surface area contributed by atoms with E-state index in [-0.39, 0.29) is 17.0 Å². The van der Waals surface area contributed by atoms with Crippen LogP contribution >= 0.6 is 0 Å². The Morgan fingerprint density at radius 1 is 1.02 bits per heavy atom. The van der Waals surface area contributed by atoms with Gasteiger partial charge in [-0.25, -0.2) is 18.4 Å². The van der Waals surface area contributed by atoms with Gasteiger partial charge in [0.2, 0.25) is 0 Å². The molecule has 1 atom stereocenters. The van der Waals surface area contributed by atoms with Gasteiger partial charge in [-0.1, -0.05) is 6.07 Å². The summed E-state index contributed by atoms with van der Waals surface area (Å²) in [5, 5.41) is 7.34. The Morgan fingerprint density at radius 2 is 1.86 bits per heavy atom. The molecule has 0 aliphatic carbocycles. The summed E-state index contributed by atoms with van der Waals surface area (Å²) in [5.74, 6) is 0.509. The van der Waals surface area contributed by atoms with Crippen molar-refractivity contribution in [3.8, 4) is 11.4 Å². The van der Waals surface area contributed by atoms with Crippen LogP contribution in [0.2, 0.25) is 0 Å². The summed E-state index contributed by atoms with van der Waals surface area (Å²) in [7, 11) is -3.47. The standard InChI is InChI=1S/C31H35N7O4S/c1-43(40,41)26-14-22(16-32-20-26)31(39)35-18-24-15-29-21(17-33-24)7-8-28(36-29)27-5-2-6-30(37-27)38-11-9-23(10-12-38)34-19-25-4-3-13-42-25/h2,5-8,14-17,20,23,25,34H,3-4,9-13,18-19H2,1H3,(H,35,39)/t25-/m1/s1. The number of aromatic nitrogens is 4. The highest BCUT2D eigenvalue weighted by Crippen LogP contribution is 2.24. The molecule has 4 aromatic heterocycles. The summed E-state index contributed by atoms with van der Waals surface area (Å²) in [6.07, 6.45) is 10.2. The van der Waals surface area contributed by atoms with Crippen LogP contribution in [-0.4, -0.2) is 78.9 Å². The molecule has 11 nitrogen and oxygen atoms in total. The van der Waals surface area contributed by atoms with Crippen LogP contribution in [0.5, 0.6) is 0 Å². The van der Waals surface area contributed by atoms with E-state index < -0.39 is 15.7 Å². The number of carbonyl (C=O) groups excluding carboxylic acids is 1. The van der Waals surface area contributed by atoms with E-state index >= 15 is 0 Å². The summed E-state index contributed by atoms with van der Waals surface area (Å²) in [6, 6.07) is 13.6. The first kappa shape index (κ1) is 29.1. The zero-order valence-electron chi connectivity index (χ0n) is 24.1. The van der Waals surface area contributed by atoms with Crippen molar-refractivity contribution >= 4 is 32.5 Å². The molecule has 12 heteroatoms. The molecule has 0 bridgehead atoms. The van der Waals surface area contributed by atoms with E-state index in [0.29, 0.717) is 17.8 Å². The number of rotatable bonds is 9. The minimum Gasteiger partial charge on any atom is -0.377 e. The molecule has 43 heavy (non-hydrogen) atoms. The zero-order valence-corrected chi connectivity index (χ0v) is 24.9. The number of hydrogen-bond donors (Lipinski definition) is 2. The monoisotopic (exact) mass is 601 g/mol. The van der Waals surface area contributed by atoms with Crippen molar-refractivity contribution in [2.24, 2.45) is 0 Å². The fraction of sp³-hybridized carbons (Fsp3) is 0.387. The Hall–Kier alpha value is -4.00. The van der Waals surface area contributed by atoms with Crippen LogP contribution < -0.4 is 15.5 Å². The lowest BCUT2D eigenvalue weighted by molar-refractivity contribution is 0.0949. The molecular weight excluding hydrogens is 566 g/mol. The molecule has 6 heterocycles. The van der Waals surface area contributed by atoms with Gasteiger partial charge in [-0.05, 0) is 62.1 Å². The fourth-order valence-electron chi connectivity index (χ4n) is 5.47.